The molecule has 2 aromatic carbocycles. The number of aromatic nitrogens is 2. The third-order valence-corrected chi connectivity index (χ3v) is 6.72. The molecule has 0 bridgehead atoms. The summed E-state index contributed by atoms with van der Waals surface area (Å²) in [5.74, 6) is 0.667. The summed E-state index contributed by atoms with van der Waals surface area (Å²) in [6.07, 6.45) is 5.84. The van der Waals surface area contributed by atoms with Crippen molar-refractivity contribution in [3.63, 3.8) is 0 Å². The highest BCUT2D eigenvalue weighted by Crippen LogP contribution is 2.51. The van der Waals surface area contributed by atoms with E-state index in [1.54, 1.807) is 30.2 Å². The van der Waals surface area contributed by atoms with Gasteiger partial charge in [-0.3, -0.25) is 14.5 Å². The fourth-order valence-corrected chi connectivity index (χ4v) is 4.59. The van der Waals surface area contributed by atoms with Gasteiger partial charge in [0.2, 0.25) is 5.91 Å². The summed E-state index contributed by atoms with van der Waals surface area (Å²) >= 11 is 1.94. The lowest BCUT2D eigenvalue weighted by Gasteiger charge is -2.18. The largest absolute Gasteiger partial charge is 0.355 e. The van der Waals surface area contributed by atoms with Crippen LogP contribution >= 0.6 is 11.8 Å². The van der Waals surface area contributed by atoms with Gasteiger partial charge < -0.3 is 16.0 Å². The summed E-state index contributed by atoms with van der Waals surface area (Å²) in [6, 6.07) is 20.2. The molecule has 0 spiro atoms. The monoisotopic (exact) mass is 448 g/mol. The molecule has 1 fully saturated rings. The van der Waals surface area contributed by atoms with E-state index in [1.807, 2.05) is 42.1 Å². The van der Waals surface area contributed by atoms with Crippen molar-refractivity contribution in [3.05, 3.63) is 78.6 Å². The number of carbonyl (C=O) groups is 1. The van der Waals surface area contributed by atoms with Gasteiger partial charge in [0.15, 0.2) is 5.96 Å². The van der Waals surface area contributed by atoms with E-state index >= 15 is 0 Å². The van der Waals surface area contributed by atoms with Gasteiger partial charge in [-0.2, -0.15) is 5.10 Å². The summed E-state index contributed by atoms with van der Waals surface area (Å²) in [4.78, 5) is 17.9. The van der Waals surface area contributed by atoms with Gasteiger partial charge in [0.05, 0.1) is 0 Å². The lowest BCUT2D eigenvalue weighted by Crippen LogP contribution is -2.40. The fourth-order valence-electron chi connectivity index (χ4n) is 3.34. The minimum Gasteiger partial charge on any atom is -0.355 e. The van der Waals surface area contributed by atoms with Gasteiger partial charge in [-0.05, 0) is 48.7 Å². The van der Waals surface area contributed by atoms with E-state index < -0.39 is 0 Å². The molecule has 8 heteroatoms. The number of aliphatic imine (C=N–C) groups is 1. The van der Waals surface area contributed by atoms with Crippen LogP contribution in [0, 0.1) is 0 Å². The first-order valence-electron chi connectivity index (χ1n) is 10.7. The molecule has 0 atom stereocenters. The fraction of sp³-hybridized carbons (Fsp3) is 0.292. The van der Waals surface area contributed by atoms with E-state index in [4.69, 9.17) is 0 Å². The first kappa shape index (κ1) is 22.0. The Bertz CT molecular complexity index is 1050. The Hall–Kier alpha value is -3.26. The van der Waals surface area contributed by atoms with Crippen LogP contribution in [0.25, 0.3) is 0 Å². The molecule has 0 radical (unpaired) electrons. The molecule has 32 heavy (non-hydrogen) atoms. The summed E-state index contributed by atoms with van der Waals surface area (Å²) in [5.41, 5.74) is 1.82. The molecule has 1 aliphatic carbocycles. The lowest BCUT2D eigenvalue weighted by atomic mass is 10.2. The third kappa shape index (κ3) is 6.37. The van der Waals surface area contributed by atoms with Crippen molar-refractivity contribution in [2.45, 2.75) is 35.6 Å². The summed E-state index contributed by atoms with van der Waals surface area (Å²) < 4.78 is 1.84. The summed E-state index contributed by atoms with van der Waals surface area (Å²) in [5, 5.41) is 13.8. The van der Waals surface area contributed by atoms with E-state index in [0.717, 1.165) is 23.8 Å². The van der Waals surface area contributed by atoms with Gasteiger partial charge in [0.25, 0.3) is 0 Å². The Morgan fingerprint density at radius 3 is 2.69 bits per heavy atom. The Morgan fingerprint density at radius 2 is 1.97 bits per heavy atom. The van der Waals surface area contributed by atoms with E-state index in [1.165, 1.54) is 17.7 Å². The Kier molecular flexibility index (Phi) is 7.11. The normalized spacial score (nSPS) is 14.6. The van der Waals surface area contributed by atoms with E-state index in [0.29, 0.717) is 6.54 Å². The van der Waals surface area contributed by atoms with Crippen LogP contribution in [-0.2, 0) is 17.9 Å². The van der Waals surface area contributed by atoms with Gasteiger partial charge in [-0.15, -0.1) is 11.8 Å². The number of guanidine groups is 1. The Balaban J connectivity index is 1.25. The number of amides is 1. The van der Waals surface area contributed by atoms with Gasteiger partial charge in [-0.1, -0.05) is 30.3 Å². The van der Waals surface area contributed by atoms with Crippen molar-refractivity contribution in [3.8, 4) is 0 Å². The smallest absolute Gasteiger partial charge is 0.246 e. The molecule has 1 aromatic heterocycles. The molecule has 3 aromatic rings. The highest BCUT2D eigenvalue weighted by molar-refractivity contribution is 8.01. The molecular formula is C24H28N6OS. The van der Waals surface area contributed by atoms with Gasteiger partial charge in [-0.25, -0.2) is 0 Å². The molecule has 0 unspecified atom stereocenters. The molecular weight excluding hydrogens is 420 g/mol. The average molecular weight is 449 g/mol. The highest BCUT2D eigenvalue weighted by Gasteiger charge is 2.43. The second kappa shape index (κ2) is 10.4. The minimum absolute atomic E-state index is 0.109. The maximum Gasteiger partial charge on any atom is 0.246 e. The molecule has 0 saturated heterocycles. The second-order valence-corrected chi connectivity index (χ2v) is 9.37. The number of anilines is 1. The van der Waals surface area contributed by atoms with E-state index in [2.05, 4.69) is 50.3 Å². The molecule has 1 amide bonds. The number of nitrogens with one attached hydrogen (secondary N) is 3. The minimum atomic E-state index is -0.109. The van der Waals surface area contributed by atoms with Crippen molar-refractivity contribution in [1.29, 1.82) is 0 Å². The second-order valence-electron chi connectivity index (χ2n) is 7.83. The highest BCUT2D eigenvalue weighted by atomic mass is 32.2. The molecule has 3 N–H and O–H groups in total. The standard InChI is InChI=1S/C24H28N6OS/c1-25-23(27-18-24(11-12-24)32-21-9-3-2-4-10-21)26-16-19-7-5-8-20(15-19)29-22(31)17-30-14-6-13-28-30/h2-10,13-15H,11-12,16-18H2,1H3,(H,29,31)(H2,25,26,27). The zero-order valence-electron chi connectivity index (χ0n) is 18.1. The number of thioether (sulfide) groups is 1. The predicted molar refractivity (Wildman–Crippen MR) is 130 cm³/mol. The maximum atomic E-state index is 12.2. The number of benzene rings is 2. The number of hydrogen-bond acceptors (Lipinski definition) is 4. The van der Waals surface area contributed by atoms with Crippen LogP contribution in [0.4, 0.5) is 5.69 Å². The Labute approximate surface area is 192 Å². The molecule has 7 nitrogen and oxygen atoms in total. The van der Waals surface area contributed by atoms with Crippen LogP contribution in [0.1, 0.15) is 18.4 Å². The number of carbonyl (C=O) groups excluding carboxylic acids is 1. The maximum absolute atomic E-state index is 12.2. The molecule has 1 heterocycles. The molecule has 166 valence electrons. The van der Waals surface area contributed by atoms with Crippen molar-refractivity contribution in [2.75, 3.05) is 18.9 Å². The van der Waals surface area contributed by atoms with Crippen LogP contribution in [0.5, 0.6) is 0 Å². The predicted octanol–water partition coefficient (Wildman–Crippen LogP) is 3.51. The van der Waals surface area contributed by atoms with Gasteiger partial charge >= 0.3 is 0 Å². The van der Waals surface area contributed by atoms with Crippen molar-refractivity contribution >= 4 is 29.3 Å². The van der Waals surface area contributed by atoms with Crippen LogP contribution in [0.2, 0.25) is 0 Å². The number of rotatable bonds is 9. The average Bonchev–Trinajstić information content (AvgIpc) is 3.36. The van der Waals surface area contributed by atoms with E-state index in [9.17, 15) is 4.79 Å². The summed E-state index contributed by atoms with van der Waals surface area (Å²) in [6.45, 7) is 1.67. The van der Waals surface area contributed by atoms with E-state index in [-0.39, 0.29) is 17.2 Å². The molecule has 0 aliphatic heterocycles. The van der Waals surface area contributed by atoms with Crippen molar-refractivity contribution < 1.29 is 4.79 Å². The van der Waals surface area contributed by atoms with Crippen molar-refractivity contribution in [1.82, 2.24) is 20.4 Å². The van der Waals surface area contributed by atoms with Gasteiger partial charge in [0.1, 0.15) is 6.54 Å². The zero-order valence-corrected chi connectivity index (χ0v) is 18.9. The Morgan fingerprint density at radius 1 is 1.12 bits per heavy atom. The quantitative estimate of drug-likeness (QED) is 0.345. The first-order chi connectivity index (χ1) is 15.6. The first-order valence-corrected chi connectivity index (χ1v) is 11.5. The lowest BCUT2D eigenvalue weighted by molar-refractivity contribution is -0.116. The topological polar surface area (TPSA) is 83.3 Å². The molecule has 4 rings (SSSR count). The number of hydrogen-bond donors (Lipinski definition) is 3. The number of nitrogens with zero attached hydrogens (tertiary/aromatic N) is 3. The molecule has 1 aliphatic rings. The summed E-state index contributed by atoms with van der Waals surface area (Å²) in [7, 11) is 1.78. The van der Waals surface area contributed by atoms with Crippen molar-refractivity contribution in [2.24, 2.45) is 4.99 Å². The van der Waals surface area contributed by atoms with Crippen LogP contribution in [0.15, 0.2) is 82.9 Å². The van der Waals surface area contributed by atoms with Crippen LogP contribution in [-0.4, -0.2) is 40.0 Å². The van der Waals surface area contributed by atoms with Crippen LogP contribution in [0.3, 0.4) is 0 Å². The van der Waals surface area contributed by atoms with Gasteiger partial charge in [0, 0.05) is 47.9 Å². The third-order valence-electron chi connectivity index (χ3n) is 5.22. The zero-order chi connectivity index (χ0) is 22.2. The van der Waals surface area contributed by atoms with Crippen LogP contribution < -0.4 is 16.0 Å². The SMILES string of the molecule is CN=C(NCc1cccc(NC(=O)Cn2cccn2)c1)NCC1(Sc2ccccc2)CC1. The molecule has 1 saturated carbocycles.